The lowest BCUT2D eigenvalue weighted by atomic mass is 9.35. The quantitative estimate of drug-likeness (QED) is 0.470. The molecule has 3 nitrogen and oxygen atoms in total. The van der Waals surface area contributed by atoms with Gasteiger partial charge in [-0.1, -0.05) is 34.6 Å². The number of rotatable bonds is 1. The largest absolute Gasteiger partial charge is 0.459 e. The van der Waals surface area contributed by atoms with E-state index in [0.29, 0.717) is 46.7 Å². The third-order valence-electron chi connectivity index (χ3n) is 12.1. The minimum absolute atomic E-state index is 0.00752. The number of ether oxygens (including phenoxy) is 1. The van der Waals surface area contributed by atoms with Gasteiger partial charge in [0.1, 0.15) is 11.4 Å². The summed E-state index contributed by atoms with van der Waals surface area (Å²) < 4.78 is 5.96. The molecule has 0 aromatic carbocycles. The summed E-state index contributed by atoms with van der Waals surface area (Å²) in [5, 5.41) is 0. The third-order valence-corrected chi connectivity index (χ3v) is 12.1. The molecule has 5 rings (SSSR count). The number of esters is 1. The summed E-state index contributed by atoms with van der Waals surface area (Å²) in [4.78, 5) is 24.8. The van der Waals surface area contributed by atoms with Crippen LogP contribution in [-0.2, 0) is 14.3 Å². The van der Waals surface area contributed by atoms with Gasteiger partial charge in [0, 0.05) is 24.2 Å². The minimum Gasteiger partial charge on any atom is -0.459 e. The maximum absolute atomic E-state index is 12.8. The molecule has 0 aromatic heterocycles. The molecule has 30 heavy (non-hydrogen) atoms. The second-order valence-electron chi connectivity index (χ2n) is 13.2. The van der Waals surface area contributed by atoms with Gasteiger partial charge >= 0.3 is 5.97 Å². The van der Waals surface area contributed by atoms with E-state index in [2.05, 4.69) is 41.5 Å². The van der Waals surface area contributed by atoms with Crippen molar-refractivity contribution in [3.8, 4) is 0 Å². The highest BCUT2D eigenvalue weighted by Gasteiger charge is 2.70. The molecule has 4 saturated carbocycles. The first kappa shape index (κ1) is 21.0. The second-order valence-corrected chi connectivity index (χ2v) is 13.2. The van der Waals surface area contributed by atoms with E-state index in [1.807, 2.05) is 0 Å². The molecule has 0 aromatic rings. The van der Waals surface area contributed by atoms with Crippen LogP contribution in [0.4, 0.5) is 0 Å². The van der Waals surface area contributed by atoms with Crippen molar-refractivity contribution in [2.75, 3.05) is 0 Å². The lowest BCUT2D eigenvalue weighted by molar-refractivity contribution is -0.207. The van der Waals surface area contributed by atoms with Crippen molar-refractivity contribution in [1.82, 2.24) is 0 Å². The zero-order chi connectivity index (χ0) is 21.7. The van der Waals surface area contributed by atoms with Gasteiger partial charge < -0.3 is 4.74 Å². The van der Waals surface area contributed by atoms with Crippen molar-refractivity contribution in [2.45, 2.75) is 111 Å². The van der Waals surface area contributed by atoms with Crippen LogP contribution in [0.15, 0.2) is 0 Å². The molecule has 5 fully saturated rings. The average Bonchev–Trinajstić information content (AvgIpc) is 3.20. The Hall–Kier alpha value is -0.860. The summed E-state index contributed by atoms with van der Waals surface area (Å²) in [6.45, 7) is 14.4. The van der Waals surface area contributed by atoms with Crippen LogP contribution >= 0.6 is 0 Å². The molecular formula is C27H42O3. The maximum Gasteiger partial charge on any atom is 0.306 e. The molecule has 0 radical (unpaired) electrons. The molecule has 5 aliphatic rings. The van der Waals surface area contributed by atoms with Gasteiger partial charge in [-0.2, -0.15) is 0 Å². The van der Waals surface area contributed by atoms with E-state index in [1.165, 1.54) is 38.5 Å². The van der Waals surface area contributed by atoms with Gasteiger partial charge in [0.2, 0.25) is 0 Å². The summed E-state index contributed by atoms with van der Waals surface area (Å²) in [6, 6.07) is 0. The van der Waals surface area contributed by atoms with Crippen molar-refractivity contribution in [3.05, 3.63) is 0 Å². The number of cyclic esters (lactones) is 1. The Kier molecular flexibility index (Phi) is 4.29. The van der Waals surface area contributed by atoms with Gasteiger partial charge in [0.05, 0.1) is 0 Å². The smallest absolute Gasteiger partial charge is 0.306 e. The third kappa shape index (κ3) is 2.39. The molecule has 1 saturated heterocycles. The van der Waals surface area contributed by atoms with Crippen LogP contribution in [0.3, 0.4) is 0 Å². The maximum atomic E-state index is 12.8. The number of ketones is 1. The Bertz CT molecular complexity index is 785. The monoisotopic (exact) mass is 414 g/mol. The van der Waals surface area contributed by atoms with Crippen LogP contribution in [0.2, 0.25) is 0 Å². The van der Waals surface area contributed by atoms with Crippen LogP contribution in [0.5, 0.6) is 0 Å². The molecule has 0 spiro atoms. The highest BCUT2D eigenvalue weighted by atomic mass is 16.6. The fourth-order valence-electron chi connectivity index (χ4n) is 10.2. The van der Waals surface area contributed by atoms with Crippen LogP contribution in [-0.4, -0.2) is 17.4 Å². The molecule has 4 aliphatic carbocycles. The topological polar surface area (TPSA) is 43.4 Å². The number of carbonyl (C=O) groups is 2. The molecule has 0 unspecified atom stereocenters. The second kappa shape index (κ2) is 6.13. The van der Waals surface area contributed by atoms with Crippen molar-refractivity contribution in [2.24, 2.45) is 45.3 Å². The summed E-state index contributed by atoms with van der Waals surface area (Å²) in [5.41, 5.74) is 0.503. The van der Waals surface area contributed by atoms with Gasteiger partial charge in [-0.05, 0) is 92.3 Å². The summed E-state index contributed by atoms with van der Waals surface area (Å²) in [7, 11) is 0. The molecule has 1 aliphatic heterocycles. The lowest BCUT2D eigenvalue weighted by Crippen LogP contribution is -2.63. The van der Waals surface area contributed by atoms with Gasteiger partial charge in [0.15, 0.2) is 0 Å². The average molecular weight is 415 g/mol. The van der Waals surface area contributed by atoms with Crippen LogP contribution in [0.25, 0.3) is 0 Å². The SMILES string of the molecule is CC1(C)C(=O)CC[C@]2(C)[C@H]3CC[C@H]4[C@@H]([C@]5(C)CCC(=O)O5)CC[C@@]4(C)[C@]3(C)CC[C@@H]12. The van der Waals surface area contributed by atoms with Crippen molar-refractivity contribution >= 4 is 11.8 Å². The van der Waals surface area contributed by atoms with E-state index in [0.717, 1.165) is 19.3 Å². The predicted octanol–water partition coefficient (Wildman–Crippen LogP) is 6.34. The first-order valence-corrected chi connectivity index (χ1v) is 12.6. The first-order valence-electron chi connectivity index (χ1n) is 12.6. The molecule has 0 amide bonds. The fraction of sp³-hybridized carbons (Fsp3) is 0.926. The number of fused-ring (bicyclic) bond motifs is 5. The normalized spacial score (nSPS) is 54.9. The van der Waals surface area contributed by atoms with Gasteiger partial charge in [-0.15, -0.1) is 0 Å². The molecule has 0 N–H and O–H groups in total. The molecule has 1 heterocycles. The van der Waals surface area contributed by atoms with Crippen LogP contribution in [0.1, 0.15) is 106 Å². The minimum atomic E-state index is -0.247. The van der Waals surface area contributed by atoms with Gasteiger partial charge in [0.25, 0.3) is 0 Å². The fourth-order valence-corrected chi connectivity index (χ4v) is 10.2. The molecule has 168 valence electrons. The Balaban J connectivity index is 1.50. The van der Waals surface area contributed by atoms with Crippen LogP contribution in [0, 0.1) is 45.3 Å². The van der Waals surface area contributed by atoms with E-state index in [4.69, 9.17) is 4.74 Å². The Morgan fingerprint density at radius 1 is 0.700 bits per heavy atom. The van der Waals surface area contributed by atoms with Crippen molar-refractivity contribution in [3.63, 3.8) is 0 Å². The number of hydrogen-bond acceptors (Lipinski definition) is 3. The van der Waals surface area contributed by atoms with E-state index >= 15 is 0 Å². The van der Waals surface area contributed by atoms with Gasteiger partial charge in [-0.3, -0.25) is 9.59 Å². The Morgan fingerprint density at radius 2 is 1.40 bits per heavy atom. The summed E-state index contributed by atoms with van der Waals surface area (Å²) in [5.74, 6) is 2.90. The molecule has 0 bridgehead atoms. The lowest BCUT2D eigenvalue weighted by Gasteiger charge is -2.69. The van der Waals surface area contributed by atoms with Crippen LogP contribution < -0.4 is 0 Å². The van der Waals surface area contributed by atoms with E-state index in [-0.39, 0.29) is 22.4 Å². The summed E-state index contributed by atoms with van der Waals surface area (Å²) in [6.07, 6.45) is 10.8. The number of hydrogen-bond donors (Lipinski definition) is 0. The number of carbonyl (C=O) groups excluding carboxylic acids is 2. The van der Waals surface area contributed by atoms with E-state index < -0.39 is 0 Å². The zero-order valence-corrected chi connectivity index (χ0v) is 20.1. The predicted molar refractivity (Wildman–Crippen MR) is 118 cm³/mol. The molecule has 8 atom stereocenters. The van der Waals surface area contributed by atoms with Crippen molar-refractivity contribution < 1.29 is 14.3 Å². The Labute approximate surface area is 183 Å². The van der Waals surface area contributed by atoms with Gasteiger partial charge in [-0.25, -0.2) is 0 Å². The highest BCUT2D eigenvalue weighted by Crippen LogP contribution is 2.75. The standard InChI is InChI=1S/C27H42O3/c1-23(2)19-10-15-26(5)20(24(19,3)13-11-21(23)28)8-7-17-18(9-14-25(17,26)4)27(6)16-12-22(29)30-27/h17-20H,7-16H2,1-6H3/t17-,18-,19-,20+,24-,25+,26+,27-/m0/s1. The Morgan fingerprint density at radius 3 is 2.07 bits per heavy atom. The molecule has 3 heteroatoms. The van der Waals surface area contributed by atoms with Crippen molar-refractivity contribution in [1.29, 1.82) is 0 Å². The number of Topliss-reactive ketones (excluding diaryl/α,β-unsaturated/α-hetero) is 1. The summed E-state index contributed by atoms with van der Waals surface area (Å²) >= 11 is 0. The first-order chi connectivity index (χ1) is 13.9. The molecular weight excluding hydrogens is 372 g/mol. The van der Waals surface area contributed by atoms with E-state index in [1.54, 1.807) is 0 Å². The van der Waals surface area contributed by atoms with E-state index in [9.17, 15) is 9.59 Å². The highest BCUT2D eigenvalue weighted by molar-refractivity contribution is 5.85. The zero-order valence-electron chi connectivity index (χ0n) is 20.1.